The zero-order valence-electron chi connectivity index (χ0n) is 18.5. The largest absolute Gasteiger partial charge is 0.368 e. The summed E-state index contributed by atoms with van der Waals surface area (Å²) >= 11 is 0. The topological polar surface area (TPSA) is 70.4 Å². The molecule has 5 rings (SSSR count). The molecule has 0 bridgehead atoms. The van der Waals surface area contributed by atoms with Crippen molar-refractivity contribution in [3.63, 3.8) is 0 Å². The van der Waals surface area contributed by atoms with Crippen LogP contribution < -0.4 is 15.4 Å². The monoisotopic (exact) mass is 419 g/mol. The predicted molar refractivity (Wildman–Crippen MR) is 123 cm³/mol. The summed E-state index contributed by atoms with van der Waals surface area (Å²) in [6, 6.07) is 8.31. The molecule has 162 valence electrons. The molecular formula is C23H29N7O. The van der Waals surface area contributed by atoms with E-state index in [-0.39, 0.29) is 11.6 Å². The Balaban J connectivity index is 1.31. The number of hydrogen-bond acceptors (Lipinski definition) is 7. The first-order valence-corrected chi connectivity index (χ1v) is 11.0. The average molecular weight is 420 g/mol. The van der Waals surface area contributed by atoms with Crippen molar-refractivity contribution in [2.75, 3.05) is 49.6 Å². The van der Waals surface area contributed by atoms with Gasteiger partial charge in [0, 0.05) is 57.4 Å². The summed E-state index contributed by atoms with van der Waals surface area (Å²) in [5.41, 5.74) is 4.33. The van der Waals surface area contributed by atoms with E-state index in [1.54, 1.807) is 10.9 Å². The highest BCUT2D eigenvalue weighted by atomic mass is 16.1. The molecule has 0 spiro atoms. The highest BCUT2D eigenvalue weighted by Crippen LogP contribution is 2.24. The van der Waals surface area contributed by atoms with Gasteiger partial charge in [-0.1, -0.05) is 0 Å². The minimum absolute atomic E-state index is 0.0213. The molecule has 8 heteroatoms. The van der Waals surface area contributed by atoms with Gasteiger partial charge in [-0.3, -0.25) is 9.36 Å². The lowest BCUT2D eigenvalue weighted by Crippen LogP contribution is -2.47. The highest BCUT2D eigenvalue weighted by Gasteiger charge is 2.22. The Morgan fingerprint density at radius 3 is 2.52 bits per heavy atom. The molecule has 4 heterocycles. The first-order chi connectivity index (χ1) is 15.0. The van der Waals surface area contributed by atoms with Crippen LogP contribution in [0.5, 0.6) is 0 Å². The molecule has 31 heavy (non-hydrogen) atoms. The number of aromatic nitrogens is 4. The second-order valence-corrected chi connectivity index (χ2v) is 8.89. The van der Waals surface area contributed by atoms with Crippen LogP contribution in [0.25, 0.3) is 10.9 Å². The van der Waals surface area contributed by atoms with Crippen LogP contribution in [0.1, 0.15) is 31.1 Å². The quantitative estimate of drug-likeness (QED) is 0.644. The van der Waals surface area contributed by atoms with Crippen molar-refractivity contribution in [3.05, 3.63) is 52.2 Å². The molecule has 0 radical (unpaired) electrons. The molecule has 1 saturated heterocycles. The van der Waals surface area contributed by atoms with Gasteiger partial charge in [0.15, 0.2) is 5.82 Å². The molecule has 2 aliphatic heterocycles. The molecule has 3 aromatic rings. The molecule has 2 aromatic heterocycles. The number of anilines is 2. The molecule has 0 saturated carbocycles. The Morgan fingerprint density at radius 2 is 1.74 bits per heavy atom. The maximum absolute atomic E-state index is 12.7. The summed E-state index contributed by atoms with van der Waals surface area (Å²) in [4.78, 5) is 24.2. The summed E-state index contributed by atoms with van der Waals surface area (Å²) in [6.07, 6.45) is 2.63. The molecule has 1 aromatic carbocycles. The summed E-state index contributed by atoms with van der Waals surface area (Å²) in [7, 11) is 2.15. The Morgan fingerprint density at radius 1 is 0.968 bits per heavy atom. The van der Waals surface area contributed by atoms with Crippen molar-refractivity contribution in [1.82, 2.24) is 24.6 Å². The standard InChI is InChI=1S/C23H29N7O/c1-16(2)30-15-24-21-13-18(4-5-19(21)23(30)31)28-8-10-29(11-9-28)22-12-17-14-27(3)7-6-20(17)25-26-22/h4-5,12-13,15-16H,6-11,14H2,1-3H3. The van der Waals surface area contributed by atoms with Gasteiger partial charge in [-0.05, 0) is 50.7 Å². The van der Waals surface area contributed by atoms with Crippen LogP contribution in [-0.4, -0.2) is 64.4 Å². The molecule has 0 unspecified atom stereocenters. The third-order valence-electron chi connectivity index (χ3n) is 6.41. The van der Waals surface area contributed by atoms with Gasteiger partial charge in [-0.2, -0.15) is 5.10 Å². The van der Waals surface area contributed by atoms with E-state index in [4.69, 9.17) is 0 Å². The third kappa shape index (κ3) is 3.76. The van der Waals surface area contributed by atoms with Crippen molar-refractivity contribution in [2.45, 2.75) is 32.9 Å². The number of piperazine rings is 1. The predicted octanol–water partition coefficient (Wildman–Crippen LogP) is 2.08. The zero-order chi connectivity index (χ0) is 21.5. The molecule has 2 aliphatic rings. The number of rotatable bonds is 3. The van der Waals surface area contributed by atoms with E-state index in [0.29, 0.717) is 5.39 Å². The molecule has 8 nitrogen and oxygen atoms in total. The highest BCUT2D eigenvalue weighted by molar-refractivity contribution is 5.81. The van der Waals surface area contributed by atoms with E-state index in [1.807, 2.05) is 32.0 Å². The van der Waals surface area contributed by atoms with Crippen LogP contribution in [0.3, 0.4) is 0 Å². The normalized spacial score (nSPS) is 17.4. The van der Waals surface area contributed by atoms with Gasteiger partial charge < -0.3 is 14.7 Å². The van der Waals surface area contributed by atoms with Crippen LogP contribution in [0.4, 0.5) is 11.5 Å². The van der Waals surface area contributed by atoms with Gasteiger partial charge in [-0.15, -0.1) is 5.10 Å². The van der Waals surface area contributed by atoms with Crippen molar-refractivity contribution in [3.8, 4) is 0 Å². The number of nitrogens with zero attached hydrogens (tertiary/aromatic N) is 7. The van der Waals surface area contributed by atoms with Gasteiger partial charge in [0.2, 0.25) is 0 Å². The minimum atomic E-state index is 0.0213. The first kappa shape index (κ1) is 19.9. The summed E-state index contributed by atoms with van der Waals surface area (Å²) in [6.45, 7) is 9.56. The van der Waals surface area contributed by atoms with Crippen molar-refractivity contribution in [1.29, 1.82) is 0 Å². The van der Waals surface area contributed by atoms with Gasteiger partial charge >= 0.3 is 0 Å². The van der Waals surface area contributed by atoms with Crippen molar-refractivity contribution >= 4 is 22.4 Å². The van der Waals surface area contributed by atoms with Gasteiger partial charge in [-0.25, -0.2) is 4.98 Å². The molecule has 1 fully saturated rings. The lowest BCUT2D eigenvalue weighted by Gasteiger charge is -2.37. The van der Waals surface area contributed by atoms with Gasteiger partial charge in [0.25, 0.3) is 5.56 Å². The third-order valence-corrected chi connectivity index (χ3v) is 6.41. The Kier molecular flexibility index (Phi) is 5.09. The van der Waals surface area contributed by atoms with E-state index >= 15 is 0 Å². The maximum Gasteiger partial charge on any atom is 0.261 e. The van der Waals surface area contributed by atoms with Gasteiger partial charge in [0.1, 0.15) is 0 Å². The fourth-order valence-electron chi connectivity index (χ4n) is 4.49. The number of hydrogen-bond donors (Lipinski definition) is 0. The van der Waals surface area contributed by atoms with Crippen LogP contribution >= 0.6 is 0 Å². The smallest absolute Gasteiger partial charge is 0.261 e. The van der Waals surface area contributed by atoms with Crippen LogP contribution in [-0.2, 0) is 13.0 Å². The minimum Gasteiger partial charge on any atom is -0.368 e. The number of likely N-dealkylation sites (N-methyl/N-ethyl adjacent to an activating group) is 1. The van der Waals surface area contributed by atoms with E-state index in [9.17, 15) is 4.79 Å². The Bertz CT molecular complexity index is 1160. The van der Waals surface area contributed by atoms with Crippen LogP contribution in [0.15, 0.2) is 35.4 Å². The van der Waals surface area contributed by atoms with Gasteiger partial charge in [0.05, 0.1) is 22.9 Å². The average Bonchev–Trinajstić information content (AvgIpc) is 2.78. The summed E-state index contributed by atoms with van der Waals surface area (Å²) in [5, 5.41) is 9.67. The molecule has 0 amide bonds. The van der Waals surface area contributed by atoms with Crippen LogP contribution in [0, 0.1) is 0 Å². The first-order valence-electron chi connectivity index (χ1n) is 11.0. The molecule has 0 atom stereocenters. The second kappa shape index (κ2) is 7.92. The number of fused-ring (bicyclic) bond motifs is 2. The molecule has 0 N–H and O–H groups in total. The fourth-order valence-corrected chi connectivity index (χ4v) is 4.49. The summed E-state index contributed by atoms with van der Waals surface area (Å²) < 4.78 is 1.68. The molecule has 0 aliphatic carbocycles. The second-order valence-electron chi connectivity index (χ2n) is 8.89. The summed E-state index contributed by atoms with van der Waals surface area (Å²) in [5.74, 6) is 0.975. The van der Waals surface area contributed by atoms with E-state index in [0.717, 1.165) is 68.4 Å². The Hall–Kier alpha value is -3.00. The fraction of sp³-hybridized carbons (Fsp3) is 0.478. The van der Waals surface area contributed by atoms with E-state index in [1.165, 1.54) is 5.56 Å². The zero-order valence-corrected chi connectivity index (χ0v) is 18.5. The van der Waals surface area contributed by atoms with Crippen molar-refractivity contribution in [2.24, 2.45) is 0 Å². The van der Waals surface area contributed by atoms with E-state index in [2.05, 4.69) is 43.0 Å². The van der Waals surface area contributed by atoms with Crippen molar-refractivity contribution < 1.29 is 0 Å². The molecular weight excluding hydrogens is 390 g/mol. The maximum atomic E-state index is 12.7. The van der Waals surface area contributed by atoms with E-state index < -0.39 is 0 Å². The number of benzene rings is 1. The lowest BCUT2D eigenvalue weighted by molar-refractivity contribution is 0.308. The van der Waals surface area contributed by atoms with Crippen LogP contribution in [0.2, 0.25) is 0 Å². The Labute approximate surface area is 182 Å². The SMILES string of the molecule is CC(C)n1cnc2cc(N3CCN(c4cc5c(nn4)CCN(C)C5)CC3)ccc2c1=O. The lowest BCUT2D eigenvalue weighted by atomic mass is 10.1.